The molecule has 2 aromatic carbocycles. The van der Waals surface area contributed by atoms with Gasteiger partial charge in [0, 0.05) is 40.6 Å². The highest BCUT2D eigenvalue weighted by atomic mass is 14.9. The van der Waals surface area contributed by atoms with Crippen molar-refractivity contribution in [2.75, 3.05) is 0 Å². The molecule has 0 aliphatic rings. The van der Waals surface area contributed by atoms with Crippen LogP contribution in [-0.2, 0) is 0 Å². The van der Waals surface area contributed by atoms with Gasteiger partial charge in [0.1, 0.15) is 5.52 Å². The number of benzene rings is 2. The van der Waals surface area contributed by atoms with Crippen LogP contribution in [0.2, 0.25) is 0 Å². The first kappa shape index (κ1) is 11.6. The zero-order chi connectivity index (χ0) is 14.5. The predicted molar refractivity (Wildman–Crippen MR) is 89.9 cm³/mol. The highest BCUT2D eigenvalue weighted by Gasteiger charge is 2.16. The average molecular weight is 281 g/mol. The molecule has 2 nitrogen and oxygen atoms in total. The van der Waals surface area contributed by atoms with Crippen molar-refractivity contribution in [3.63, 3.8) is 0 Å². The summed E-state index contributed by atoms with van der Waals surface area (Å²) in [4.78, 5) is 4.65. The van der Waals surface area contributed by atoms with Crippen LogP contribution in [-0.4, -0.2) is 4.98 Å². The van der Waals surface area contributed by atoms with E-state index in [0.29, 0.717) is 0 Å². The van der Waals surface area contributed by atoms with Gasteiger partial charge in [-0.15, -0.1) is 0 Å². The third-order valence-corrected chi connectivity index (χ3v) is 4.31. The molecule has 0 unspecified atom stereocenters. The van der Waals surface area contributed by atoms with Gasteiger partial charge in [-0.3, -0.25) is 0 Å². The molecule has 0 radical (unpaired) electrons. The Morgan fingerprint density at radius 2 is 1.36 bits per heavy atom. The van der Waals surface area contributed by atoms with Crippen molar-refractivity contribution in [1.29, 1.82) is 0 Å². The van der Waals surface area contributed by atoms with Gasteiger partial charge in [-0.1, -0.05) is 24.3 Å². The van der Waals surface area contributed by atoms with E-state index < -0.39 is 0 Å². The summed E-state index contributed by atoms with van der Waals surface area (Å²) in [5.41, 5.74) is 4.62. The second-order valence-corrected chi connectivity index (χ2v) is 5.56. The molecule has 0 fully saturated rings. The van der Waals surface area contributed by atoms with Crippen molar-refractivity contribution < 1.29 is 4.40 Å². The number of rotatable bonds is 0. The molecule has 3 aromatic heterocycles. The largest absolute Gasteiger partial charge is 0.249 e. The van der Waals surface area contributed by atoms with Crippen LogP contribution in [0.15, 0.2) is 79.0 Å². The average Bonchev–Trinajstić information content (AvgIpc) is 2.60. The lowest BCUT2D eigenvalue weighted by Crippen LogP contribution is -2.24. The normalized spacial score (nSPS) is 11.6. The molecule has 22 heavy (non-hydrogen) atoms. The summed E-state index contributed by atoms with van der Waals surface area (Å²) in [5, 5.41) is 3.61. The van der Waals surface area contributed by atoms with Crippen molar-refractivity contribution in [2.45, 2.75) is 0 Å². The molecule has 0 aliphatic carbocycles. The van der Waals surface area contributed by atoms with Gasteiger partial charge in [0.2, 0.25) is 16.6 Å². The molecule has 102 valence electrons. The van der Waals surface area contributed by atoms with Gasteiger partial charge in [0.05, 0.1) is 0 Å². The minimum absolute atomic E-state index is 1.05. The van der Waals surface area contributed by atoms with Gasteiger partial charge in [0.15, 0.2) is 0 Å². The Bertz CT molecular complexity index is 1070. The fraction of sp³-hybridized carbons (Fsp3) is 0. The first-order valence-corrected chi connectivity index (χ1v) is 7.42. The zero-order valence-corrected chi connectivity index (χ0v) is 11.9. The molecule has 5 aromatic rings. The number of nitrogens with zero attached hydrogens (tertiary/aromatic N) is 2. The van der Waals surface area contributed by atoms with Crippen LogP contribution in [0.3, 0.4) is 0 Å². The van der Waals surface area contributed by atoms with Crippen LogP contribution < -0.4 is 4.40 Å². The number of aromatic nitrogens is 2. The summed E-state index contributed by atoms with van der Waals surface area (Å²) in [5.74, 6) is 0. The molecule has 2 heteroatoms. The van der Waals surface area contributed by atoms with Gasteiger partial charge in [-0.25, -0.2) is 4.98 Å². The SMILES string of the molecule is c1cnc2c(c1)ccc1ccc3ccc4ccccc4[n+]3c12. The summed E-state index contributed by atoms with van der Waals surface area (Å²) < 4.78 is 2.32. The predicted octanol–water partition coefficient (Wildman–Crippen LogP) is 4.28. The van der Waals surface area contributed by atoms with Gasteiger partial charge in [0.25, 0.3) is 0 Å². The number of fused-ring (bicyclic) bond motifs is 7. The van der Waals surface area contributed by atoms with E-state index in [9.17, 15) is 0 Å². The third kappa shape index (κ3) is 1.49. The maximum Gasteiger partial charge on any atom is 0.245 e. The number of para-hydroxylation sites is 1. The van der Waals surface area contributed by atoms with E-state index in [1.54, 1.807) is 0 Å². The van der Waals surface area contributed by atoms with E-state index >= 15 is 0 Å². The topological polar surface area (TPSA) is 17.0 Å². The Morgan fingerprint density at radius 1 is 0.636 bits per heavy atom. The fourth-order valence-corrected chi connectivity index (χ4v) is 3.29. The second-order valence-electron chi connectivity index (χ2n) is 5.56. The summed E-state index contributed by atoms with van der Waals surface area (Å²) in [7, 11) is 0. The lowest BCUT2D eigenvalue weighted by atomic mass is 10.1. The quantitative estimate of drug-likeness (QED) is 0.306. The van der Waals surface area contributed by atoms with E-state index in [1.807, 2.05) is 12.3 Å². The molecule has 0 bridgehead atoms. The van der Waals surface area contributed by atoms with Crippen LogP contribution in [0.4, 0.5) is 0 Å². The molecule has 0 spiro atoms. The molecular formula is C20H13N2+. The smallest absolute Gasteiger partial charge is 0.245 e. The highest BCUT2D eigenvalue weighted by molar-refractivity contribution is 6.01. The first-order chi connectivity index (χ1) is 10.9. The summed E-state index contributed by atoms with van der Waals surface area (Å²) in [6.45, 7) is 0. The standard InChI is InChI=1S/C20H13N2/c1-2-6-18-14(4-1)9-11-17-12-10-16-8-7-15-5-3-13-21-19(15)20(16)22(17)18/h1-13H/q+1. The van der Waals surface area contributed by atoms with Crippen molar-refractivity contribution in [1.82, 2.24) is 4.98 Å². The summed E-state index contributed by atoms with van der Waals surface area (Å²) >= 11 is 0. The van der Waals surface area contributed by atoms with Crippen molar-refractivity contribution in [2.24, 2.45) is 0 Å². The molecule has 0 amide bonds. The number of hydrogen-bond donors (Lipinski definition) is 0. The van der Waals surface area contributed by atoms with Gasteiger partial charge in [-0.2, -0.15) is 4.40 Å². The van der Waals surface area contributed by atoms with Crippen LogP contribution in [0.25, 0.3) is 38.2 Å². The zero-order valence-electron chi connectivity index (χ0n) is 11.9. The minimum atomic E-state index is 1.05. The summed E-state index contributed by atoms with van der Waals surface area (Å²) in [6, 6.07) is 25.6. The summed E-state index contributed by atoms with van der Waals surface area (Å²) in [6.07, 6.45) is 1.87. The number of pyridine rings is 3. The maximum absolute atomic E-state index is 4.65. The van der Waals surface area contributed by atoms with E-state index in [4.69, 9.17) is 0 Å². The minimum Gasteiger partial charge on any atom is -0.249 e. The van der Waals surface area contributed by atoms with Crippen molar-refractivity contribution in [3.05, 3.63) is 79.0 Å². The Morgan fingerprint density at radius 3 is 2.32 bits per heavy atom. The Kier molecular flexibility index (Phi) is 2.25. The maximum atomic E-state index is 4.65. The van der Waals surface area contributed by atoms with Crippen LogP contribution in [0.1, 0.15) is 0 Å². The van der Waals surface area contributed by atoms with Gasteiger partial charge in [-0.05, 0) is 30.3 Å². The second kappa shape index (κ2) is 4.25. The van der Waals surface area contributed by atoms with Gasteiger partial charge < -0.3 is 0 Å². The van der Waals surface area contributed by atoms with Gasteiger partial charge >= 0.3 is 0 Å². The van der Waals surface area contributed by atoms with Crippen LogP contribution >= 0.6 is 0 Å². The number of hydrogen-bond acceptors (Lipinski definition) is 1. The Balaban J connectivity index is 2.19. The molecule has 0 aliphatic heterocycles. The van der Waals surface area contributed by atoms with E-state index in [2.05, 4.69) is 76.1 Å². The van der Waals surface area contributed by atoms with Crippen molar-refractivity contribution in [3.8, 4) is 0 Å². The van der Waals surface area contributed by atoms with Crippen molar-refractivity contribution >= 4 is 38.2 Å². The highest BCUT2D eigenvalue weighted by Crippen LogP contribution is 2.23. The van der Waals surface area contributed by atoms with E-state index in [-0.39, 0.29) is 0 Å². The molecule has 3 heterocycles. The van der Waals surface area contributed by atoms with E-state index in [1.165, 1.54) is 32.7 Å². The first-order valence-electron chi connectivity index (χ1n) is 7.42. The van der Waals surface area contributed by atoms with E-state index in [0.717, 1.165) is 5.52 Å². The monoisotopic (exact) mass is 281 g/mol. The molecule has 0 N–H and O–H groups in total. The molecule has 0 saturated heterocycles. The molecule has 0 atom stereocenters. The lowest BCUT2D eigenvalue weighted by Gasteiger charge is -2.03. The Labute approximate surface area is 127 Å². The third-order valence-electron chi connectivity index (χ3n) is 4.31. The Hall–Kier alpha value is -3.00. The van der Waals surface area contributed by atoms with Crippen LogP contribution in [0, 0.1) is 0 Å². The fourth-order valence-electron chi connectivity index (χ4n) is 3.29. The van der Waals surface area contributed by atoms with Crippen LogP contribution in [0.5, 0.6) is 0 Å². The molecular weight excluding hydrogens is 268 g/mol. The molecule has 0 saturated carbocycles. The lowest BCUT2D eigenvalue weighted by molar-refractivity contribution is -0.449. The molecule has 5 rings (SSSR count).